The Morgan fingerprint density at radius 3 is 2.86 bits per heavy atom. The number of piperazine rings is 1. The molecule has 0 saturated carbocycles. The predicted octanol–water partition coefficient (Wildman–Crippen LogP) is 1.61. The van der Waals surface area contributed by atoms with E-state index in [9.17, 15) is 14.0 Å². The molecule has 2 fully saturated rings. The number of hydrogen-bond donors (Lipinski definition) is 2. The Bertz CT molecular complexity index is 912. The zero-order chi connectivity index (χ0) is 20.5. The summed E-state index contributed by atoms with van der Waals surface area (Å²) in [5.41, 5.74) is 1.31. The van der Waals surface area contributed by atoms with Gasteiger partial charge < -0.3 is 15.5 Å². The lowest BCUT2D eigenvalue weighted by atomic mass is 9.99. The summed E-state index contributed by atoms with van der Waals surface area (Å²) in [6.07, 6.45) is 4.72. The second kappa shape index (κ2) is 7.94. The summed E-state index contributed by atoms with van der Waals surface area (Å²) >= 11 is 0. The van der Waals surface area contributed by atoms with E-state index in [1.165, 1.54) is 10.7 Å². The molecule has 2 aliphatic heterocycles. The SMILES string of the molecule is CC(C)C[C@H]1NC(=O)[C@@H]2C[C@H](NCc3cnn(-c4ccccc4F)c3)CN2C1=O. The number of rotatable bonds is 6. The number of amides is 2. The van der Waals surface area contributed by atoms with Crippen molar-refractivity contribution in [2.75, 3.05) is 6.54 Å². The molecule has 1 aromatic carbocycles. The van der Waals surface area contributed by atoms with Gasteiger partial charge in [0.05, 0.1) is 6.20 Å². The van der Waals surface area contributed by atoms with Crippen LogP contribution in [-0.4, -0.2) is 51.2 Å². The topological polar surface area (TPSA) is 79.3 Å². The Morgan fingerprint density at radius 1 is 1.31 bits per heavy atom. The molecule has 0 radical (unpaired) electrons. The van der Waals surface area contributed by atoms with Crippen LogP contribution in [0.3, 0.4) is 0 Å². The van der Waals surface area contributed by atoms with Crippen LogP contribution in [-0.2, 0) is 16.1 Å². The summed E-state index contributed by atoms with van der Waals surface area (Å²) in [5.74, 6) is -0.0431. The van der Waals surface area contributed by atoms with Crippen LogP contribution in [0.25, 0.3) is 5.69 Å². The third-order valence-corrected chi connectivity index (χ3v) is 5.54. The highest BCUT2D eigenvalue weighted by Gasteiger charge is 2.46. The number of nitrogens with zero attached hydrogens (tertiary/aromatic N) is 3. The Morgan fingerprint density at radius 2 is 2.10 bits per heavy atom. The molecular weight excluding hydrogens is 373 g/mol. The Labute approximate surface area is 169 Å². The molecule has 0 spiro atoms. The Balaban J connectivity index is 1.37. The van der Waals surface area contributed by atoms with E-state index in [0.29, 0.717) is 37.5 Å². The van der Waals surface area contributed by atoms with E-state index < -0.39 is 12.1 Å². The summed E-state index contributed by atoms with van der Waals surface area (Å²) in [6.45, 7) is 5.14. The molecule has 3 atom stereocenters. The van der Waals surface area contributed by atoms with Crippen molar-refractivity contribution in [2.45, 2.75) is 51.4 Å². The summed E-state index contributed by atoms with van der Waals surface area (Å²) in [4.78, 5) is 26.9. The van der Waals surface area contributed by atoms with Crippen molar-refractivity contribution >= 4 is 11.8 Å². The molecule has 2 N–H and O–H groups in total. The molecule has 1 aromatic heterocycles. The lowest BCUT2D eigenvalue weighted by Crippen LogP contribution is -2.61. The first-order chi connectivity index (χ1) is 13.9. The van der Waals surface area contributed by atoms with Crippen molar-refractivity contribution in [1.82, 2.24) is 25.3 Å². The van der Waals surface area contributed by atoms with E-state index in [4.69, 9.17) is 0 Å². The van der Waals surface area contributed by atoms with E-state index in [0.717, 1.165) is 5.56 Å². The van der Waals surface area contributed by atoms with E-state index in [2.05, 4.69) is 15.7 Å². The maximum Gasteiger partial charge on any atom is 0.245 e. The van der Waals surface area contributed by atoms with E-state index in [-0.39, 0.29) is 23.7 Å². The third kappa shape index (κ3) is 4.03. The second-order valence-corrected chi connectivity index (χ2v) is 8.26. The minimum absolute atomic E-state index is 0.0139. The van der Waals surface area contributed by atoms with Crippen molar-refractivity contribution < 1.29 is 14.0 Å². The van der Waals surface area contributed by atoms with Gasteiger partial charge in [0.1, 0.15) is 23.6 Å². The molecular formula is C21H26FN5O2. The van der Waals surface area contributed by atoms with Gasteiger partial charge >= 0.3 is 0 Å². The van der Waals surface area contributed by atoms with Crippen molar-refractivity contribution in [3.8, 4) is 5.69 Å². The van der Waals surface area contributed by atoms with Gasteiger partial charge in [-0.15, -0.1) is 0 Å². The summed E-state index contributed by atoms with van der Waals surface area (Å²) in [5, 5.41) is 10.5. The van der Waals surface area contributed by atoms with Gasteiger partial charge in [-0.1, -0.05) is 26.0 Å². The molecule has 0 bridgehead atoms. The minimum Gasteiger partial charge on any atom is -0.342 e. The number of carbonyl (C=O) groups is 2. The van der Waals surface area contributed by atoms with Crippen LogP contribution in [0, 0.1) is 11.7 Å². The monoisotopic (exact) mass is 399 g/mol. The Kier molecular flexibility index (Phi) is 5.36. The second-order valence-electron chi connectivity index (χ2n) is 8.26. The molecule has 2 aliphatic rings. The molecule has 4 rings (SSSR count). The summed E-state index contributed by atoms with van der Waals surface area (Å²) in [6, 6.07) is 5.69. The van der Waals surface area contributed by atoms with Gasteiger partial charge in [0.2, 0.25) is 11.8 Å². The van der Waals surface area contributed by atoms with E-state index in [1.54, 1.807) is 35.5 Å². The third-order valence-electron chi connectivity index (χ3n) is 5.54. The average molecular weight is 399 g/mol. The quantitative estimate of drug-likeness (QED) is 0.774. The molecule has 2 aromatic rings. The minimum atomic E-state index is -0.420. The first-order valence-electron chi connectivity index (χ1n) is 10.0. The van der Waals surface area contributed by atoms with Crippen molar-refractivity contribution in [3.63, 3.8) is 0 Å². The molecule has 8 heteroatoms. The van der Waals surface area contributed by atoms with Crippen LogP contribution >= 0.6 is 0 Å². The van der Waals surface area contributed by atoms with Crippen molar-refractivity contribution in [2.24, 2.45) is 5.92 Å². The molecule has 2 saturated heterocycles. The van der Waals surface area contributed by atoms with Gasteiger partial charge in [0.25, 0.3) is 0 Å². The normalized spacial score (nSPS) is 24.1. The molecule has 0 aliphatic carbocycles. The lowest BCUT2D eigenvalue weighted by molar-refractivity contribution is -0.147. The predicted molar refractivity (Wildman–Crippen MR) is 106 cm³/mol. The number of benzene rings is 1. The molecule has 3 heterocycles. The number of nitrogens with one attached hydrogen (secondary N) is 2. The van der Waals surface area contributed by atoms with Gasteiger partial charge in [-0.3, -0.25) is 9.59 Å². The van der Waals surface area contributed by atoms with Crippen LogP contribution in [0.2, 0.25) is 0 Å². The highest BCUT2D eigenvalue weighted by atomic mass is 19.1. The van der Waals surface area contributed by atoms with Crippen LogP contribution in [0.1, 0.15) is 32.3 Å². The summed E-state index contributed by atoms with van der Waals surface area (Å²) < 4.78 is 15.4. The first kappa shape index (κ1) is 19.6. The van der Waals surface area contributed by atoms with Gasteiger partial charge in [-0.2, -0.15) is 5.10 Å². The maximum atomic E-state index is 13.9. The highest BCUT2D eigenvalue weighted by molar-refractivity contribution is 5.97. The molecule has 29 heavy (non-hydrogen) atoms. The van der Waals surface area contributed by atoms with Gasteiger partial charge in [-0.05, 0) is 30.9 Å². The molecule has 7 nitrogen and oxygen atoms in total. The van der Waals surface area contributed by atoms with Crippen LogP contribution in [0.15, 0.2) is 36.7 Å². The van der Waals surface area contributed by atoms with E-state index >= 15 is 0 Å². The summed E-state index contributed by atoms with van der Waals surface area (Å²) in [7, 11) is 0. The largest absolute Gasteiger partial charge is 0.342 e. The fourth-order valence-electron chi connectivity index (χ4n) is 4.12. The van der Waals surface area contributed by atoms with Crippen molar-refractivity contribution in [1.29, 1.82) is 0 Å². The fourth-order valence-corrected chi connectivity index (χ4v) is 4.12. The average Bonchev–Trinajstić information content (AvgIpc) is 3.32. The van der Waals surface area contributed by atoms with Gasteiger partial charge in [0, 0.05) is 30.9 Å². The van der Waals surface area contributed by atoms with Gasteiger partial charge in [-0.25, -0.2) is 9.07 Å². The van der Waals surface area contributed by atoms with Crippen LogP contribution < -0.4 is 10.6 Å². The number of halogens is 1. The fraction of sp³-hybridized carbons (Fsp3) is 0.476. The van der Waals surface area contributed by atoms with Crippen LogP contribution in [0.5, 0.6) is 0 Å². The molecule has 154 valence electrons. The number of fused-ring (bicyclic) bond motifs is 1. The standard InChI is InChI=1S/C21H26FN5O2/c1-13(2)7-17-21(29)26-12-15(8-19(26)20(28)25-17)23-9-14-10-24-27(11-14)18-6-4-3-5-16(18)22/h3-6,10-11,13,15,17,19,23H,7-9,12H2,1-2H3,(H,25,28)/t15-,17+,19-/m0/s1. The number of carbonyl (C=O) groups excluding carboxylic acids is 2. The van der Waals surface area contributed by atoms with Crippen molar-refractivity contribution in [3.05, 3.63) is 48.0 Å². The zero-order valence-electron chi connectivity index (χ0n) is 16.6. The number of para-hydroxylation sites is 1. The first-order valence-corrected chi connectivity index (χ1v) is 10.0. The highest BCUT2D eigenvalue weighted by Crippen LogP contribution is 2.25. The molecule has 0 unspecified atom stereocenters. The lowest BCUT2D eigenvalue weighted by Gasteiger charge is -2.35. The van der Waals surface area contributed by atoms with Crippen LogP contribution in [0.4, 0.5) is 4.39 Å². The number of hydrogen-bond acceptors (Lipinski definition) is 4. The Hall–Kier alpha value is -2.74. The zero-order valence-corrected chi connectivity index (χ0v) is 16.6. The molecule has 2 amide bonds. The van der Waals surface area contributed by atoms with E-state index in [1.807, 2.05) is 13.8 Å². The number of aromatic nitrogens is 2. The smallest absolute Gasteiger partial charge is 0.245 e. The van der Waals surface area contributed by atoms with Gasteiger partial charge in [0.15, 0.2) is 0 Å². The maximum absolute atomic E-state index is 13.9.